The van der Waals surface area contributed by atoms with Crippen molar-refractivity contribution in [3.05, 3.63) is 59.1 Å². The summed E-state index contributed by atoms with van der Waals surface area (Å²) < 4.78 is 58.9. The van der Waals surface area contributed by atoms with Crippen molar-refractivity contribution in [2.24, 2.45) is 0 Å². The van der Waals surface area contributed by atoms with Crippen molar-refractivity contribution >= 4 is 21.6 Å². The summed E-state index contributed by atoms with van der Waals surface area (Å²) in [6, 6.07) is 9.62. The number of halogens is 3. The smallest absolute Gasteiger partial charge is 0.243 e. The molecule has 1 aliphatic rings. The lowest BCUT2D eigenvalue weighted by Gasteiger charge is -2.31. The summed E-state index contributed by atoms with van der Waals surface area (Å²) in [5.74, 6) is -0.840. The molecule has 0 aromatic heterocycles. The Hall–Kier alpha value is -1.74. The van der Waals surface area contributed by atoms with E-state index in [1.54, 1.807) is 18.2 Å². The zero-order valence-electron chi connectivity index (χ0n) is 14.5. The lowest BCUT2D eigenvalue weighted by atomic mass is 10.3. The molecule has 0 unspecified atom stereocenters. The third-order valence-electron chi connectivity index (χ3n) is 4.51. The van der Waals surface area contributed by atoms with Gasteiger partial charge in [0.25, 0.3) is 0 Å². The fourth-order valence-electron chi connectivity index (χ4n) is 2.95. The van der Waals surface area contributed by atoms with E-state index >= 15 is 0 Å². The van der Waals surface area contributed by atoms with E-state index in [4.69, 9.17) is 16.3 Å². The largest absolute Gasteiger partial charge is 0.485 e. The number of hydrogen-bond donors (Lipinski definition) is 1. The molecule has 1 aliphatic heterocycles. The molecule has 1 fully saturated rings. The second kappa shape index (κ2) is 8.52. The molecule has 0 atom stereocenters. The number of hydrogen-bond acceptors (Lipinski definition) is 3. The van der Waals surface area contributed by atoms with Gasteiger partial charge < -0.3 is 9.64 Å². The minimum Gasteiger partial charge on any atom is -0.485 e. The Bertz CT molecular complexity index is 903. The van der Waals surface area contributed by atoms with Crippen LogP contribution >= 0.6 is 11.6 Å². The molecule has 0 bridgehead atoms. The van der Waals surface area contributed by atoms with Gasteiger partial charge in [0.15, 0.2) is 11.6 Å². The average Bonchev–Trinajstić information content (AvgIpc) is 2.66. The minimum absolute atomic E-state index is 0.0137. The molecule has 1 N–H and O–H groups in total. The Balaban J connectivity index is 1.52. The molecule has 2 aromatic rings. The molecule has 0 aliphatic carbocycles. The molecule has 0 saturated carbocycles. The number of benzene rings is 2. The van der Waals surface area contributed by atoms with Crippen molar-refractivity contribution in [1.82, 2.24) is 4.31 Å². The molecule has 146 valence electrons. The third kappa shape index (κ3) is 4.76. The van der Waals surface area contributed by atoms with Gasteiger partial charge in [-0.15, -0.1) is 0 Å². The molecular formula is C18H20ClF2N2O3S+. The molecule has 1 saturated heterocycles. The fraction of sp³-hybridized carbons (Fsp3) is 0.333. The van der Waals surface area contributed by atoms with Gasteiger partial charge in [-0.2, -0.15) is 4.31 Å². The van der Waals surface area contributed by atoms with Gasteiger partial charge in [-0.25, -0.2) is 17.2 Å². The van der Waals surface area contributed by atoms with Crippen molar-refractivity contribution < 1.29 is 26.8 Å². The summed E-state index contributed by atoms with van der Waals surface area (Å²) in [4.78, 5) is 1.16. The van der Waals surface area contributed by atoms with Crippen molar-refractivity contribution in [2.75, 3.05) is 39.3 Å². The van der Waals surface area contributed by atoms with E-state index in [0.29, 0.717) is 39.3 Å². The van der Waals surface area contributed by atoms with E-state index in [9.17, 15) is 17.2 Å². The molecule has 9 heteroatoms. The zero-order valence-corrected chi connectivity index (χ0v) is 16.1. The molecule has 0 radical (unpaired) electrons. The van der Waals surface area contributed by atoms with Crippen LogP contribution in [0, 0.1) is 11.6 Å². The van der Waals surface area contributed by atoms with Crippen LogP contribution < -0.4 is 9.64 Å². The molecule has 5 nitrogen and oxygen atoms in total. The second-order valence-electron chi connectivity index (χ2n) is 6.26. The Morgan fingerprint density at radius 2 is 1.78 bits per heavy atom. The van der Waals surface area contributed by atoms with Crippen LogP contribution in [0.1, 0.15) is 0 Å². The molecule has 0 amide bonds. The maximum atomic E-state index is 13.5. The summed E-state index contributed by atoms with van der Waals surface area (Å²) in [6.45, 7) is 2.88. The van der Waals surface area contributed by atoms with Gasteiger partial charge in [0.05, 0.1) is 36.1 Å². The van der Waals surface area contributed by atoms with Gasteiger partial charge >= 0.3 is 0 Å². The fourth-order valence-corrected chi connectivity index (χ4v) is 4.66. The number of piperazine rings is 1. The molecule has 3 rings (SSSR count). The van der Waals surface area contributed by atoms with Gasteiger partial charge in [-0.05, 0) is 30.3 Å². The Kier molecular flexibility index (Phi) is 6.31. The summed E-state index contributed by atoms with van der Waals surface area (Å²) >= 11 is 5.70. The van der Waals surface area contributed by atoms with E-state index in [1.165, 1.54) is 21.3 Å². The Morgan fingerprint density at radius 3 is 2.44 bits per heavy atom. The third-order valence-corrected chi connectivity index (χ3v) is 6.69. The number of nitrogens with one attached hydrogen (secondary N) is 1. The summed E-state index contributed by atoms with van der Waals surface area (Å²) in [5, 5.41) is -0.217. The van der Waals surface area contributed by atoms with Crippen molar-refractivity contribution in [1.29, 1.82) is 0 Å². The SMILES string of the molecule is O=S(=O)(c1ccc(F)c(Cl)c1)N1CC[NH+](CCOc2ccccc2F)CC1. The summed E-state index contributed by atoms with van der Waals surface area (Å²) in [7, 11) is -3.71. The minimum atomic E-state index is -3.71. The number of ether oxygens (including phenoxy) is 1. The second-order valence-corrected chi connectivity index (χ2v) is 8.60. The average molecular weight is 418 g/mol. The highest BCUT2D eigenvalue weighted by Crippen LogP contribution is 2.22. The van der Waals surface area contributed by atoms with Crippen LogP contribution in [-0.4, -0.2) is 52.1 Å². The maximum absolute atomic E-state index is 13.5. The molecular weight excluding hydrogens is 398 g/mol. The van der Waals surface area contributed by atoms with Gasteiger partial charge in [0.2, 0.25) is 10.0 Å². The predicted molar refractivity (Wildman–Crippen MR) is 97.6 cm³/mol. The maximum Gasteiger partial charge on any atom is 0.243 e. The Morgan fingerprint density at radius 1 is 1.07 bits per heavy atom. The van der Waals surface area contributed by atoms with E-state index in [0.717, 1.165) is 12.1 Å². The van der Waals surface area contributed by atoms with E-state index in [2.05, 4.69) is 0 Å². The van der Waals surface area contributed by atoms with Crippen LogP contribution in [0.25, 0.3) is 0 Å². The first kappa shape index (κ1) is 20.0. The molecule has 1 heterocycles. The van der Waals surface area contributed by atoms with E-state index in [1.807, 2.05) is 0 Å². The number of sulfonamides is 1. The number of rotatable bonds is 6. The summed E-state index contributed by atoms with van der Waals surface area (Å²) in [5.41, 5.74) is 0. The monoisotopic (exact) mass is 417 g/mol. The van der Waals surface area contributed by atoms with Crippen molar-refractivity contribution in [2.45, 2.75) is 4.90 Å². The number of para-hydroxylation sites is 1. The van der Waals surface area contributed by atoms with E-state index in [-0.39, 0.29) is 15.7 Å². The first-order valence-corrected chi connectivity index (χ1v) is 10.4. The van der Waals surface area contributed by atoms with Crippen LogP contribution in [-0.2, 0) is 10.0 Å². The van der Waals surface area contributed by atoms with Crippen LogP contribution in [0.3, 0.4) is 0 Å². The highest BCUT2D eigenvalue weighted by molar-refractivity contribution is 7.89. The van der Waals surface area contributed by atoms with Crippen LogP contribution in [0.4, 0.5) is 8.78 Å². The molecule has 27 heavy (non-hydrogen) atoms. The molecule has 2 aromatic carbocycles. The highest BCUT2D eigenvalue weighted by Gasteiger charge is 2.30. The summed E-state index contributed by atoms with van der Waals surface area (Å²) in [6.07, 6.45) is 0. The van der Waals surface area contributed by atoms with Crippen molar-refractivity contribution in [3.8, 4) is 5.75 Å². The number of nitrogens with zero attached hydrogens (tertiary/aromatic N) is 1. The standard InChI is InChI=1S/C18H19ClF2N2O3S/c19-15-13-14(5-6-16(15)20)27(24,25)23-9-7-22(8-10-23)11-12-26-18-4-2-1-3-17(18)21/h1-6,13H,7-12H2/p+1. The Labute approximate surface area is 162 Å². The van der Waals surface area contributed by atoms with Crippen molar-refractivity contribution in [3.63, 3.8) is 0 Å². The van der Waals surface area contributed by atoms with Gasteiger partial charge in [-0.1, -0.05) is 23.7 Å². The van der Waals surface area contributed by atoms with Crippen LogP contribution in [0.5, 0.6) is 5.75 Å². The predicted octanol–water partition coefficient (Wildman–Crippen LogP) is 1.59. The van der Waals surface area contributed by atoms with Gasteiger partial charge in [-0.3, -0.25) is 0 Å². The van der Waals surface area contributed by atoms with Gasteiger partial charge in [0, 0.05) is 0 Å². The lowest BCUT2D eigenvalue weighted by Crippen LogP contribution is -3.15. The quantitative estimate of drug-likeness (QED) is 0.776. The first-order valence-electron chi connectivity index (χ1n) is 8.54. The van der Waals surface area contributed by atoms with Crippen LogP contribution in [0.15, 0.2) is 47.4 Å². The topological polar surface area (TPSA) is 51.0 Å². The zero-order chi connectivity index (χ0) is 19.4. The van der Waals surface area contributed by atoms with E-state index < -0.39 is 21.7 Å². The first-order chi connectivity index (χ1) is 12.9. The highest BCUT2D eigenvalue weighted by atomic mass is 35.5. The normalized spacial score (nSPS) is 16.4. The molecule has 0 spiro atoms. The number of quaternary nitrogens is 1. The van der Waals surface area contributed by atoms with Gasteiger partial charge in [0.1, 0.15) is 19.0 Å². The van der Waals surface area contributed by atoms with Crippen LogP contribution in [0.2, 0.25) is 5.02 Å². The lowest BCUT2D eigenvalue weighted by molar-refractivity contribution is -0.903.